The van der Waals surface area contributed by atoms with Crippen molar-refractivity contribution in [1.29, 1.82) is 0 Å². The normalized spacial score (nSPS) is 23.8. The van der Waals surface area contributed by atoms with Gasteiger partial charge in [-0.1, -0.05) is 25.7 Å². The topological polar surface area (TPSA) is 80.8 Å². The van der Waals surface area contributed by atoms with Crippen LogP contribution in [0.15, 0.2) is 41.4 Å². The van der Waals surface area contributed by atoms with Gasteiger partial charge in [-0.05, 0) is 50.1 Å². The van der Waals surface area contributed by atoms with Crippen molar-refractivity contribution >= 4 is 15.7 Å². The SMILES string of the molecule is C=C(/C=C\C(=C/C)S(=O)(=O)Nc1cc2c(nc1OC)CCN(CC)CC2)[C@]1(F)C[C@H](OCC)C1. The van der Waals surface area contributed by atoms with Gasteiger partial charge in [-0.3, -0.25) is 4.72 Å². The third kappa shape index (κ3) is 5.87. The van der Waals surface area contributed by atoms with E-state index in [-0.39, 0.29) is 35.3 Å². The second kappa shape index (κ2) is 11.0. The Hall–Kier alpha value is -2.23. The first-order valence-electron chi connectivity index (χ1n) is 11.8. The number of sulfonamides is 1. The fraction of sp³-hybridized carbons (Fsp3) is 0.560. The molecule has 0 radical (unpaired) electrons. The Morgan fingerprint density at radius 2 is 2.03 bits per heavy atom. The van der Waals surface area contributed by atoms with Crippen LogP contribution in [0, 0.1) is 0 Å². The number of aromatic nitrogens is 1. The van der Waals surface area contributed by atoms with Gasteiger partial charge in [-0.25, -0.2) is 17.8 Å². The predicted octanol–water partition coefficient (Wildman–Crippen LogP) is 4.18. The molecule has 34 heavy (non-hydrogen) atoms. The van der Waals surface area contributed by atoms with Crippen LogP contribution in [-0.2, 0) is 27.6 Å². The van der Waals surface area contributed by atoms with Crippen LogP contribution < -0.4 is 9.46 Å². The molecule has 2 heterocycles. The minimum Gasteiger partial charge on any atom is -0.479 e. The van der Waals surface area contributed by atoms with Crippen LogP contribution in [0.5, 0.6) is 5.88 Å². The number of fused-ring (bicyclic) bond motifs is 1. The van der Waals surface area contributed by atoms with Gasteiger partial charge < -0.3 is 14.4 Å². The number of nitrogens with one attached hydrogen (secondary N) is 1. The van der Waals surface area contributed by atoms with Crippen molar-refractivity contribution in [3.05, 3.63) is 52.6 Å². The first-order chi connectivity index (χ1) is 16.2. The van der Waals surface area contributed by atoms with Crippen molar-refractivity contribution in [3.8, 4) is 5.88 Å². The quantitative estimate of drug-likeness (QED) is 0.493. The highest BCUT2D eigenvalue weighted by Crippen LogP contribution is 2.43. The molecule has 0 amide bonds. The summed E-state index contributed by atoms with van der Waals surface area (Å²) < 4.78 is 54.7. The molecule has 0 saturated heterocycles. The predicted molar refractivity (Wildman–Crippen MR) is 133 cm³/mol. The number of nitrogens with zero attached hydrogens (tertiary/aromatic N) is 2. The van der Waals surface area contributed by atoms with Crippen LogP contribution in [0.3, 0.4) is 0 Å². The zero-order valence-corrected chi connectivity index (χ0v) is 21.4. The molecule has 1 saturated carbocycles. The molecule has 7 nitrogen and oxygen atoms in total. The van der Waals surface area contributed by atoms with E-state index in [1.54, 1.807) is 6.92 Å². The molecular formula is C25H36FN3O4S. The summed E-state index contributed by atoms with van der Waals surface area (Å²) in [6.07, 6.45) is 6.18. The maximum Gasteiger partial charge on any atom is 0.261 e. The number of anilines is 1. The second-order valence-electron chi connectivity index (χ2n) is 8.69. The summed E-state index contributed by atoms with van der Waals surface area (Å²) >= 11 is 0. The van der Waals surface area contributed by atoms with E-state index in [4.69, 9.17) is 9.47 Å². The lowest BCUT2D eigenvalue weighted by Gasteiger charge is -2.41. The third-order valence-corrected chi connectivity index (χ3v) is 8.01. The number of allylic oxidation sites excluding steroid dienone is 4. The largest absolute Gasteiger partial charge is 0.479 e. The average Bonchev–Trinajstić information content (AvgIpc) is 2.98. The van der Waals surface area contributed by atoms with E-state index in [2.05, 4.69) is 28.1 Å². The summed E-state index contributed by atoms with van der Waals surface area (Å²) in [6.45, 7) is 12.7. The summed E-state index contributed by atoms with van der Waals surface area (Å²) in [5.74, 6) is 0.232. The third-order valence-electron chi connectivity index (χ3n) is 6.53. The van der Waals surface area contributed by atoms with E-state index >= 15 is 0 Å². The number of pyridine rings is 1. The molecule has 0 atom stereocenters. The Balaban J connectivity index is 1.76. The second-order valence-corrected chi connectivity index (χ2v) is 10.4. The summed E-state index contributed by atoms with van der Waals surface area (Å²) in [4.78, 5) is 6.93. The van der Waals surface area contributed by atoms with E-state index < -0.39 is 15.7 Å². The molecule has 1 fully saturated rings. The van der Waals surface area contributed by atoms with Gasteiger partial charge in [0.15, 0.2) is 0 Å². The first-order valence-corrected chi connectivity index (χ1v) is 13.3. The van der Waals surface area contributed by atoms with Gasteiger partial charge in [0.05, 0.1) is 18.1 Å². The zero-order valence-electron chi connectivity index (χ0n) is 20.6. The van der Waals surface area contributed by atoms with Crippen molar-refractivity contribution < 1.29 is 22.3 Å². The highest BCUT2D eigenvalue weighted by molar-refractivity contribution is 7.96. The fourth-order valence-electron chi connectivity index (χ4n) is 4.36. The van der Waals surface area contributed by atoms with Crippen molar-refractivity contribution in [1.82, 2.24) is 9.88 Å². The number of halogens is 1. The van der Waals surface area contributed by atoms with E-state index in [1.165, 1.54) is 25.3 Å². The average molecular weight is 494 g/mol. The summed E-state index contributed by atoms with van der Waals surface area (Å²) in [5, 5.41) is 0. The van der Waals surface area contributed by atoms with E-state index in [0.717, 1.165) is 43.7 Å². The molecular weight excluding hydrogens is 457 g/mol. The number of hydrogen-bond donors (Lipinski definition) is 1. The number of hydrogen-bond acceptors (Lipinski definition) is 6. The van der Waals surface area contributed by atoms with Crippen molar-refractivity contribution in [2.45, 2.75) is 58.2 Å². The van der Waals surface area contributed by atoms with Gasteiger partial charge in [0.1, 0.15) is 11.4 Å². The van der Waals surface area contributed by atoms with E-state index in [9.17, 15) is 12.8 Å². The lowest BCUT2D eigenvalue weighted by atomic mass is 9.74. The van der Waals surface area contributed by atoms with E-state index in [1.807, 2.05) is 13.0 Å². The number of ether oxygens (including phenoxy) is 2. The van der Waals surface area contributed by atoms with Gasteiger partial charge >= 0.3 is 0 Å². The molecule has 188 valence electrons. The van der Waals surface area contributed by atoms with Gasteiger partial charge in [-0.2, -0.15) is 0 Å². The monoisotopic (exact) mass is 493 g/mol. The standard InChI is InChI=1S/C25H36FN3O4S/c1-6-21(10-9-18(4)25(26)16-20(17-25)33-8-3)34(30,31)28-23-15-19-11-13-29(7-2)14-12-22(19)27-24(23)32-5/h6,9-10,15,20,28H,4,7-8,11-14,16-17H2,1-3,5H3/b10-9-,21-6+/t20-,25-. The van der Waals surface area contributed by atoms with Gasteiger partial charge in [-0.15, -0.1) is 0 Å². The first kappa shape index (κ1) is 26.4. The highest BCUT2D eigenvalue weighted by atomic mass is 32.2. The number of rotatable bonds is 10. The minimum atomic E-state index is -3.95. The number of methoxy groups -OCH3 is 1. The number of alkyl halides is 1. The van der Waals surface area contributed by atoms with Crippen LogP contribution in [0.1, 0.15) is 44.9 Å². The van der Waals surface area contributed by atoms with Gasteiger partial charge in [0.2, 0.25) is 5.88 Å². The molecule has 0 bridgehead atoms. The van der Waals surface area contributed by atoms with Crippen LogP contribution in [0.4, 0.5) is 10.1 Å². The molecule has 0 unspecified atom stereocenters. The van der Waals surface area contributed by atoms with Crippen molar-refractivity contribution in [2.75, 3.05) is 38.1 Å². The molecule has 0 spiro atoms. The lowest BCUT2D eigenvalue weighted by Crippen LogP contribution is -2.45. The Kier molecular flexibility index (Phi) is 8.54. The van der Waals surface area contributed by atoms with Crippen molar-refractivity contribution in [2.24, 2.45) is 0 Å². The van der Waals surface area contributed by atoms with Crippen molar-refractivity contribution in [3.63, 3.8) is 0 Å². The Bertz CT molecular complexity index is 1060. The maximum absolute atomic E-state index is 15.0. The molecule has 2 aliphatic rings. The molecule has 1 aromatic rings. The molecule has 1 aromatic heterocycles. The molecule has 0 aromatic carbocycles. The van der Waals surface area contributed by atoms with Gasteiger partial charge in [0.25, 0.3) is 10.0 Å². The zero-order chi connectivity index (χ0) is 24.9. The lowest BCUT2D eigenvalue weighted by molar-refractivity contribution is -0.0728. The number of likely N-dealkylation sites (N-methyl/N-ethyl adjacent to an activating group) is 1. The summed E-state index contributed by atoms with van der Waals surface area (Å²) in [5.41, 5.74) is 0.898. The smallest absolute Gasteiger partial charge is 0.261 e. The molecule has 1 N–H and O–H groups in total. The van der Waals surface area contributed by atoms with Gasteiger partial charge in [0, 0.05) is 44.7 Å². The Morgan fingerprint density at radius 3 is 2.65 bits per heavy atom. The molecule has 1 aliphatic carbocycles. The fourth-order valence-corrected chi connectivity index (χ4v) is 5.47. The summed E-state index contributed by atoms with van der Waals surface area (Å²) in [7, 11) is -2.48. The maximum atomic E-state index is 15.0. The Morgan fingerprint density at radius 1 is 1.32 bits per heavy atom. The molecule has 3 rings (SSSR count). The van der Waals surface area contributed by atoms with Crippen LogP contribution in [-0.4, -0.2) is 63.4 Å². The summed E-state index contributed by atoms with van der Waals surface area (Å²) in [6, 6.07) is 1.81. The molecule has 1 aliphatic heterocycles. The minimum absolute atomic E-state index is 0.00656. The van der Waals surface area contributed by atoms with Crippen LogP contribution >= 0.6 is 0 Å². The Labute approximate surface area is 202 Å². The highest BCUT2D eigenvalue weighted by Gasteiger charge is 2.46. The van der Waals surface area contributed by atoms with Crippen LogP contribution in [0.2, 0.25) is 0 Å². The van der Waals surface area contributed by atoms with E-state index in [0.29, 0.717) is 12.3 Å². The molecule has 9 heteroatoms. The van der Waals surface area contributed by atoms with Crippen LogP contribution in [0.25, 0.3) is 0 Å².